The second-order valence-corrected chi connectivity index (χ2v) is 5.97. The standard InChI is InChI=1S/C18H22BrNO/c1-4-20-18(16-9-6-10-17(19)13(16)2)12-14-7-5-8-15(11-14)21-3/h5-11,18,20H,4,12H2,1-3H3. The van der Waals surface area contributed by atoms with Gasteiger partial charge in [-0.05, 0) is 54.8 Å². The first-order chi connectivity index (χ1) is 10.2. The first-order valence-corrected chi connectivity index (χ1v) is 8.06. The number of methoxy groups -OCH3 is 1. The monoisotopic (exact) mass is 347 g/mol. The largest absolute Gasteiger partial charge is 0.497 e. The van der Waals surface area contributed by atoms with Gasteiger partial charge in [0.1, 0.15) is 5.75 Å². The van der Waals surface area contributed by atoms with E-state index in [9.17, 15) is 0 Å². The Morgan fingerprint density at radius 3 is 2.67 bits per heavy atom. The summed E-state index contributed by atoms with van der Waals surface area (Å²) in [4.78, 5) is 0. The normalized spacial score (nSPS) is 12.2. The van der Waals surface area contributed by atoms with Crippen molar-refractivity contribution in [2.45, 2.75) is 26.3 Å². The van der Waals surface area contributed by atoms with E-state index in [0.29, 0.717) is 6.04 Å². The molecule has 2 rings (SSSR count). The Labute approximate surface area is 135 Å². The smallest absolute Gasteiger partial charge is 0.119 e. The molecule has 21 heavy (non-hydrogen) atoms. The fourth-order valence-corrected chi connectivity index (χ4v) is 2.96. The average Bonchev–Trinajstić information content (AvgIpc) is 2.50. The van der Waals surface area contributed by atoms with Crippen LogP contribution >= 0.6 is 15.9 Å². The predicted octanol–water partition coefficient (Wildman–Crippen LogP) is 4.66. The molecule has 0 bridgehead atoms. The summed E-state index contributed by atoms with van der Waals surface area (Å²) in [5.41, 5.74) is 3.92. The van der Waals surface area contributed by atoms with Crippen molar-refractivity contribution in [3.8, 4) is 5.75 Å². The molecule has 0 aliphatic rings. The lowest BCUT2D eigenvalue weighted by molar-refractivity contribution is 0.414. The van der Waals surface area contributed by atoms with E-state index in [1.807, 2.05) is 12.1 Å². The van der Waals surface area contributed by atoms with Crippen LogP contribution in [0.2, 0.25) is 0 Å². The van der Waals surface area contributed by atoms with Gasteiger partial charge in [0.25, 0.3) is 0 Å². The SMILES string of the molecule is CCNC(Cc1cccc(OC)c1)c1cccc(Br)c1C. The van der Waals surface area contributed by atoms with E-state index in [0.717, 1.165) is 23.2 Å². The van der Waals surface area contributed by atoms with Gasteiger partial charge in [0.15, 0.2) is 0 Å². The quantitative estimate of drug-likeness (QED) is 0.820. The maximum atomic E-state index is 5.32. The minimum absolute atomic E-state index is 0.305. The molecule has 1 N–H and O–H groups in total. The highest BCUT2D eigenvalue weighted by Gasteiger charge is 2.15. The highest BCUT2D eigenvalue weighted by molar-refractivity contribution is 9.10. The van der Waals surface area contributed by atoms with Crippen LogP contribution in [0.3, 0.4) is 0 Å². The Morgan fingerprint density at radius 2 is 1.95 bits per heavy atom. The summed E-state index contributed by atoms with van der Waals surface area (Å²) in [6, 6.07) is 15.0. The van der Waals surface area contributed by atoms with E-state index in [-0.39, 0.29) is 0 Å². The summed E-state index contributed by atoms with van der Waals surface area (Å²) in [5, 5.41) is 3.59. The zero-order valence-electron chi connectivity index (χ0n) is 12.8. The van der Waals surface area contributed by atoms with Crippen molar-refractivity contribution in [3.05, 3.63) is 63.6 Å². The molecule has 0 amide bonds. The van der Waals surface area contributed by atoms with E-state index >= 15 is 0 Å². The fraction of sp³-hybridized carbons (Fsp3) is 0.333. The molecular formula is C18H22BrNO. The topological polar surface area (TPSA) is 21.3 Å². The number of hydrogen-bond donors (Lipinski definition) is 1. The molecule has 2 aromatic carbocycles. The van der Waals surface area contributed by atoms with E-state index in [1.54, 1.807) is 7.11 Å². The minimum Gasteiger partial charge on any atom is -0.497 e. The van der Waals surface area contributed by atoms with E-state index in [4.69, 9.17) is 4.74 Å². The van der Waals surface area contributed by atoms with Gasteiger partial charge in [0.2, 0.25) is 0 Å². The van der Waals surface area contributed by atoms with Crippen LogP contribution in [0.25, 0.3) is 0 Å². The molecule has 112 valence electrons. The molecule has 2 aromatic rings. The fourth-order valence-electron chi connectivity index (χ4n) is 2.58. The van der Waals surface area contributed by atoms with Gasteiger partial charge in [-0.25, -0.2) is 0 Å². The Balaban J connectivity index is 2.28. The number of likely N-dealkylation sites (N-methyl/N-ethyl adjacent to an activating group) is 1. The highest BCUT2D eigenvalue weighted by Crippen LogP contribution is 2.27. The van der Waals surface area contributed by atoms with E-state index in [2.05, 4.69) is 65.4 Å². The summed E-state index contributed by atoms with van der Waals surface area (Å²) in [6.45, 7) is 5.25. The first kappa shape index (κ1) is 16.1. The van der Waals surface area contributed by atoms with Gasteiger partial charge in [0, 0.05) is 10.5 Å². The average molecular weight is 348 g/mol. The first-order valence-electron chi connectivity index (χ1n) is 7.27. The van der Waals surface area contributed by atoms with Crippen molar-refractivity contribution in [2.24, 2.45) is 0 Å². The molecule has 0 saturated heterocycles. The number of hydrogen-bond acceptors (Lipinski definition) is 2. The van der Waals surface area contributed by atoms with Gasteiger partial charge >= 0.3 is 0 Å². The van der Waals surface area contributed by atoms with E-state index in [1.165, 1.54) is 16.7 Å². The van der Waals surface area contributed by atoms with Crippen LogP contribution in [-0.2, 0) is 6.42 Å². The molecular weight excluding hydrogens is 326 g/mol. The van der Waals surface area contributed by atoms with Gasteiger partial charge in [-0.15, -0.1) is 0 Å². The summed E-state index contributed by atoms with van der Waals surface area (Å²) < 4.78 is 6.48. The van der Waals surface area contributed by atoms with Gasteiger partial charge in [-0.2, -0.15) is 0 Å². The van der Waals surface area contributed by atoms with Gasteiger partial charge < -0.3 is 10.1 Å². The molecule has 3 heteroatoms. The van der Waals surface area contributed by atoms with E-state index < -0.39 is 0 Å². The van der Waals surface area contributed by atoms with Crippen molar-refractivity contribution in [2.75, 3.05) is 13.7 Å². The number of nitrogens with one attached hydrogen (secondary N) is 1. The van der Waals surface area contributed by atoms with Gasteiger partial charge in [-0.3, -0.25) is 0 Å². The summed E-state index contributed by atoms with van der Waals surface area (Å²) >= 11 is 3.63. The number of halogens is 1. The molecule has 0 aromatic heterocycles. The van der Waals surface area contributed by atoms with Gasteiger partial charge in [-0.1, -0.05) is 47.1 Å². The molecule has 0 fully saturated rings. The molecule has 2 nitrogen and oxygen atoms in total. The van der Waals surface area contributed by atoms with Crippen LogP contribution < -0.4 is 10.1 Å². The lowest BCUT2D eigenvalue weighted by atomic mass is 9.95. The third-order valence-electron chi connectivity index (χ3n) is 3.71. The van der Waals surface area contributed by atoms with Crippen LogP contribution in [0.15, 0.2) is 46.9 Å². The lowest BCUT2D eigenvalue weighted by Crippen LogP contribution is -2.23. The highest BCUT2D eigenvalue weighted by atomic mass is 79.9. The second-order valence-electron chi connectivity index (χ2n) is 5.12. The van der Waals surface area contributed by atoms with Crippen molar-refractivity contribution in [1.82, 2.24) is 5.32 Å². The van der Waals surface area contributed by atoms with Crippen LogP contribution in [0.5, 0.6) is 5.75 Å². The molecule has 0 saturated carbocycles. The molecule has 0 heterocycles. The van der Waals surface area contributed by atoms with Crippen LogP contribution in [0.4, 0.5) is 0 Å². The lowest BCUT2D eigenvalue weighted by Gasteiger charge is -2.21. The van der Waals surface area contributed by atoms with Crippen LogP contribution in [0, 0.1) is 6.92 Å². The van der Waals surface area contributed by atoms with Crippen LogP contribution in [0.1, 0.15) is 29.7 Å². The number of ether oxygens (including phenoxy) is 1. The molecule has 1 unspecified atom stereocenters. The molecule has 0 aliphatic heterocycles. The van der Waals surface area contributed by atoms with Crippen molar-refractivity contribution in [3.63, 3.8) is 0 Å². The summed E-state index contributed by atoms with van der Waals surface area (Å²) in [6.07, 6.45) is 0.947. The summed E-state index contributed by atoms with van der Waals surface area (Å²) in [5.74, 6) is 0.911. The van der Waals surface area contributed by atoms with Crippen LogP contribution in [-0.4, -0.2) is 13.7 Å². The zero-order valence-corrected chi connectivity index (χ0v) is 14.4. The Bertz CT molecular complexity index is 598. The molecule has 0 spiro atoms. The second kappa shape index (κ2) is 7.62. The summed E-state index contributed by atoms with van der Waals surface area (Å²) in [7, 11) is 1.71. The Hall–Kier alpha value is -1.32. The van der Waals surface area contributed by atoms with Crippen molar-refractivity contribution >= 4 is 15.9 Å². The van der Waals surface area contributed by atoms with Crippen molar-refractivity contribution < 1.29 is 4.74 Å². The number of rotatable bonds is 6. The molecule has 1 atom stereocenters. The maximum Gasteiger partial charge on any atom is 0.119 e. The Morgan fingerprint density at radius 1 is 1.19 bits per heavy atom. The molecule has 0 aliphatic carbocycles. The van der Waals surface area contributed by atoms with Gasteiger partial charge in [0.05, 0.1) is 7.11 Å². The Kier molecular flexibility index (Phi) is 5.83. The van der Waals surface area contributed by atoms with Crippen molar-refractivity contribution in [1.29, 1.82) is 0 Å². The maximum absolute atomic E-state index is 5.32. The number of benzene rings is 2. The third-order valence-corrected chi connectivity index (χ3v) is 4.57. The predicted molar refractivity (Wildman–Crippen MR) is 92.0 cm³/mol. The zero-order chi connectivity index (χ0) is 15.2. The minimum atomic E-state index is 0.305. The third kappa shape index (κ3) is 4.08. The molecule has 0 radical (unpaired) electrons.